The number of aryl methyl sites for hydroxylation is 1. The molecular weight excluding hydrogens is 206 g/mol. The molecule has 0 spiro atoms. The average Bonchev–Trinajstić information content (AvgIpc) is 2.74. The van der Waals surface area contributed by atoms with Gasteiger partial charge in [0, 0.05) is 13.0 Å². The molecule has 1 heterocycles. The maximum atomic E-state index is 5.58. The summed E-state index contributed by atoms with van der Waals surface area (Å²) in [6.45, 7) is 5.39. The molecule has 1 aromatic rings. The van der Waals surface area contributed by atoms with Crippen LogP contribution in [0.1, 0.15) is 50.9 Å². The second-order valence-electron chi connectivity index (χ2n) is 3.67. The highest BCUT2D eigenvalue weighted by molar-refractivity contribution is 4.91. The zero-order chi connectivity index (χ0) is 11.8. The van der Waals surface area contributed by atoms with Crippen LogP contribution in [0, 0.1) is 0 Å². The summed E-state index contributed by atoms with van der Waals surface area (Å²) in [5, 5.41) is 3.95. The van der Waals surface area contributed by atoms with Crippen molar-refractivity contribution in [2.45, 2.75) is 45.6 Å². The Hall–Kier alpha value is -0.940. The van der Waals surface area contributed by atoms with E-state index in [1.165, 1.54) is 0 Å². The molecule has 1 unspecified atom stereocenters. The molecule has 0 aromatic carbocycles. The fraction of sp³-hybridized carbons (Fsp3) is 0.818. The van der Waals surface area contributed by atoms with Gasteiger partial charge in [0.25, 0.3) is 0 Å². The van der Waals surface area contributed by atoms with E-state index in [-0.39, 0.29) is 6.10 Å². The van der Waals surface area contributed by atoms with Crippen LogP contribution in [0.3, 0.4) is 0 Å². The third-order valence-corrected chi connectivity index (χ3v) is 2.29. The fourth-order valence-electron chi connectivity index (χ4n) is 1.50. The highest BCUT2D eigenvalue weighted by Crippen LogP contribution is 2.20. The van der Waals surface area contributed by atoms with Gasteiger partial charge in [0.1, 0.15) is 6.10 Å². The summed E-state index contributed by atoms with van der Waals surface area (Å²) in [6, 6.07) is 0. The first-order valence-electron chi connectivity index (χ1n) is 5.95. The fourth-order valence-corrected chi connectivity index (χ4v) is 1.50. The molecule has 1 rings (SSSR count). The molecule has 5 heteroatoms. The van der Waals surface area contributed by atoms with E-state index in [1.807, 2.05) is 6.92 Å². The molecule has 1 aromatic heterocycles. The molecule has 16 heavy (non-hydrogen) atoms. The van der Waals surface area contributed by atoms with Gasteiger partial charge in [-0.2, -0.15) is 4.98 Å². The molecule has 0 radical (unpaired) electrons. The predicted molar refractivity (Wildman–Crippen MR) is 60.9 cm³/mol. The number of nitrogens with two attached hydrogens (primary N) is 1. The summed E-state index contributed by atoms with van der Waals surface area (Å²) in [4.78, 5) is 4.33. The van der Waals surface area contributed by atoms with Gasteiger partial charge in [0.15, 0.2) is 0 Å². The zero-order valence-electron chi connectivity index (χ0n) is 10.1. The Morgan fingerprint density at radius 1 is 1.44 bits per heavy atom. The SMILES string of the molecule is CCCC(OCC)c1noc(CCCN)n1. The van der Waals surface area contributed by atoms with Crippen molar-refractivity contribution < 1.29 is 9.26 Å². The van der Waals surface area contributed by atoms with Crippen LogP contribution in [-0.4, -0.2) is 23.3 Å². The third-order valence-electron chi connectivity index (χ3n) is 2.29. The number of ether oxygens (including phenoxy) is 1. The Morgan fingerprint density at radius 2 is 2.25 bits per heavy atom. The molecule has 0 aliphatic heterocycles. The van der Waals surface area contributed by atoms with E-state index in [1.54, 1.807) is 0 Å². The summed E-state index contributed by atoms with van der Waals surface area (Å²) >= 11 is 0. The van der Waals surface area contributed by atoms with E-state index in [9.17, 15) is 0 Å². The first kappa shape index (κ1) is 13.1. The Kier molecular flexibility index (Phi) is 6.03. The minimum absolute atomic E-state index is 0.0367. The van der Waals surface area contributed by atoms with Crippen molar-refractivity contribution in [1.82, 2.24) is 10.1 Å². The van der Waals surface area contributed by atoms with Gasteiger partial charge in [0.2, 0.25) is 11.7 Å². The molecule has 0 saturated carbocycles. The van der Waals surface area contributed by atoms with Crippen molar-refractivity contribution in [1.29, 1.82) is 0 Å². The molecule has 92 valence electrons. The van der Waals surface area contributed by atoms with E-state index < -0.39 is 0 Å². The van der Waals surface area contributed by atoms with Gasteiger partial charge in [-0.25, -0.2) is 0 Å². The number of hydrogen-bond donors (Lipinski definition) is 1. The van der Waals surface area contributed by atoms with Crippen LogP contribution in [0.15, 0.2) is 4.52 Å². The van der Waals surface area contributed by atoms with Gasteiger partial charge in [0.05, 0.1) is 0 Å². The molecular formula is C11H21N3O2. The number of hydrogen-bond acceptors (Lipinski definition) is 5. The van der Waals surface area contributed by atoms with Crippen molar-refractivity contribution in [2.24, 2.45) is 5.73 Å². The lowest BCUT2D eigenvalue weighted by Crippen LogP contribution is -2.06. The molecule has 0 fully saturated rings. The van der Waals surface area contributed by atoms with Gasteiger partial charge in [-0.3, -0.25) is 0 Å². The molecule has 2 N–H and O–H groups in total. The Labute approximate surface area is 96.4 Å². The molecule has 0 amide bonds. The summed E-state index contributed by atoms with van der Waals surface area (Å²) in [5.41, 5.74) is 5.42. The second kappa shape index (κ2) is 7.35. The minimum Gasteiger partial charge on any atom is -0.370 e. The molecule has 1 atom stereocenters. The third kappa shape index (κ3) is 3.90. The van der Waals surface area contributed by atoms with Crippen molar-refractivity contribution >= 4 is 0 Å². The standard InChI is InChI=1S/C11H21N3O2/c1-3-6-9(15-4-2)11-13-10(16-14-11)7-5-8-12/h9H,3-8,12H2,1-2H3. The van der Waals surface area contributed by atoms with Crippen molar-refractivity contribution in [3.63, 3.8) is 0 Å². The Bertz CT molecular complexity index is 283. The van der Waals surface area contributed by atoms with Gasteiger partial charge in [-0.1, -0.05) is 18.5 Å². The number of rotatable bonds is 8. The molecule has 0 bridgehead atoms. The van der Waals surface area contributed by atoms with Gasteiger partial charge in [-0.05, 0) is 26.3 Å². The van der Waals surface area contributed by atoms with Crippen molar-refractivity contribution in [2.75, 3.05) is 13.2 Å². The summed E-state index contributed by atoms with van der Waals surface area (Å²) in [5.74, 6) is 1.32. The maximum absolute atomic E-state index is 5.58. The van der Waals surface area contributed by atoms with Crippen molar-refractivity contribution in [3.8, 4) is 0 Å². The van der Waals surface area contributed by atoms with E-state index in [2.05, 4.69) is 17.1 Å². The summed E-state index contributed by atoms with van der Waals surface area (Å²) in [7, 11) is 0. The summed E-state index contributed by atoms with van der Waals surface area (Å²) in [6.07, 6.45) is 3.54. The monoisotopic (exact) mass is 227 g/mol. The minimum atomic E-state index is -0.0367. The quantitative estimate of drug-likeness (QED) is 0.733. The highest BCUT2D eigenvalue weighted by Gasteiger charge is 2.17. The second-order valence-corrected chi connectivity index (χ2v) is 3.67. The van der Waals surface area contributed by atoms with E-state index in [4.69, 9.17) is 15.0 Å². The molecule has 0 saturated heterocycles. The van der Waals surface area contributed by atoms with Crippen LogP contribution in [-0.2, 0) is 11.2 Å². The topological polar surface area (TPSA) is 74.2 Å². The average molecular weight is 227 g/mol. The van der Waals surface area contributed by atoms with Crippen LogP contribution < -0.4 is 5.73 Å². The summed E-state index contributed by atoms with van der Waals surface area (Å²) < 4.78 is 10.7. The molecule has 0 aliphatic carbocycles. The van der Waals surface area contributed by atoms with E-state index in [0.29, 0.717) is 24.9 Å². The lowest BCUT2D eigenvalue weighted by atomic mass is 10.2. The van der Waals surface area contributed by atoms with Crippen LogP contribution in [0.5, 0.6) is 0 Å². The van der Waals surface area contributed by atoms with Gasteiger partial charge < -0.3 is 15.0 Å². The Balaban J connectivity index is 2.58. The first-order valence-corrected chi connectivity index (χ1v) is 5.95. The van der Waals surface area contributed by atoms with Gasteiger partial charge >= 0.3 is 0 Å². The maximum Gasteiger partial charge on any atom is 0.226 e. The first-order chi connectivity index (χ1) is 7.81. The predicted octanol–water partition coefficient (Wildman–Crippen LogP) is 1.84. The van der Waals surface area contributed by atoms with Crippen LogP contribution in [0.2, 0.25) is 0 Å². The van der Waals surface area contributed by atoms with E-state index >= 15 is 0 Å². The number of aromatic nitrogens is 2. The lowest BCUT2D eigenvalue weighted by Gasteiger charge is -2.11. The molecule has 5 nitrogen and oxygen atoms in total. The number of nitrogens with zero attached hydrogens (tertiary/aromatic N) is 2. The molecule has 0 aliphatic rings. The normalized spacial score (nSPS) is 12.9. The largest absolute Gasteiger partial charge is 0.370 e. The lowest BCUT2D eigenvalue weighted by molar-refractivity contribution is 0.0478. The highest BCUT2D eigenvalue weighted by atomic mass is 16.5. The van der Waals surface area contributed by atoms with Crippen LogP contribution >= 0.6 is 0 Å². The van der Waals surface area contributed by atoms with Crippen molar-refractivity contribution in [3.05, 3.63) is 11.7 Å². The zero-order valence-corrected chi connectivity index (χ0v) is 10.1. The van der Waals surface area contributed by atoms with E-state index in [0.717, 1.165) is 25.7 Å². The van der Waals surface area contributed by atoms with Crippen LogP contribution in [0.25, 0.3) is 0 Å². The van der Waals surface area contributed by atoms with Gasteiger partial charge in [-0.15, -0.1) is 0 Å². The smallest absolute Gasteiger partial charge is 0.226 e. The van der Waals surface area contributed by atoms with Crippen LogP contribution in [0.4, 0.5) is 0 Å². The Morgan fingerprint density at radius 3 is 2.88 bits per heavy atom.